The quantitative estimate of drug-likeness (QED) is 0.730. The molecule has 2 aromatic rings. The lowest BCUT2D eigenvalue weighted by Gasteiger charge is -2.31. The van der Waals surface area contributed by atoms with Gasteiger partial charge in [0.2, 0.25) is 5.91 Å². The van der Waals surface area contributed by atoms with Gasteiger partial charge in [0.1, 0.15) is 5.82 Å². The molecule has 1 aromatic heterocycles. The van der Waals surface area contributed by atoms with Crippen molar-refractivity contribution in [2.24, 2.45) is 5.92 Å². The number of fused-ring (bicyclic) bond motifs is 1. The van der Waals surface area contributed by atoms with Crippen LogP contribution in [0.5, 0.6) is 0 Å². The summed E-state index contributed by atoms with van der Waals surface area (Å²) in [7, 11) is 0. The van der Waals surface area contributed by atoms with Crippen LogP contribution in [0.1, 0.15) is 45.7 Å². The Morgan fingerprint density at radius 3 is 2.86 bits per heavy atom. The Bertz CT molecular complexity index is 918. The van der Waals surface area contributed by atoms with Gasteiger partial charge >= 0.3 is 0 Å². The smallest absolute Gasteiger partial charge is 0.274 e. The number of H-pyrrole nitrogens is 1. The number of nitrogens with zero attached hydrogens (tertiary/aromatic N) is 2. The Morgan fingerprint density at radius 1 is 1.31 bits per heavy atom. The van der Waals surface area contributed by atoms with Gasteiger partial charge in [-0.3, -0.25) is 14.7 Å². The zero-order valence-corrected chi connectivity index (χ0v) is 16.6. The minimum absolute atomic E-state index is 0.0422. The van der Waals surface area contributed by atoms with Crippen LogP contribution in [0.3, 0.4) is 0 Å². The summed E-state index contributed by atoms with van der Waals surface area (Å²) >= 11 is 0. The summed E-state index contributed by atoms with van der Waals surface area (Å²) < 4.78 is 13.6. The highest BCUT2D eigenvalue weighted by Crippen LogP contribution is 2.22. The number of halogens is 1. The summed E-state index contributed by atoms with van der Waals surface area (Å²) in [5.41, 5.74) is 3.83. The molecule has 3 heterocycles. The average Bonchev–Trinajstić information content (AvgIpc) is 3.18. The van der Waals surface area contributed by atoms with E-state index in [0.29, 0.717) is 50.3 Å². The van der Waals surface area contributed by atoms with Gasteiger partial charge in [-0.2, -0.15) is 5.10 Å². The van der Waals surface area contributed by atoms with Crippen LogP contribution in [0.25, 0.3) is 0 Å². The van der Waals surface area contributed by atoms with Crippen molar-refractivity contribution in [1.29, 1.82) is 0 Å². The van der Waals surface area contributed by atoms with E-state index >= 15 is 0 Å². The Labute approximate surface area is 169 Å². The maximum Gasteiger partial charge on any atom is 0.274 e. The number of aromatic amines is 1. The number of carbonyl (C=O) groups is 2. The Morgan fingerprint density at radius 2 is 2.10 bits per heavy atom. The van der Waals surface area contributed by atoms with Crippen LogP contribution >= 0.6 is 0 Å². The monoisotopic (exact) mass is 399 g/mol. The molecule has 0 spiro atoms. The second-order valence-corrected chi connectivity index (χ2v) is 7.82. The van der Waals surface area contributed by atoms with Crippen LogP contribution in [-0.2, 0) is 24.3 Å². The van der Waals surface area contributed by atoms with Gasteiger partial charge in [-0.05, 0) is 37.0 Å². The summed E-state index contributed by atoms with van der Waals surface area (Å²) in [4.78, 5) is 27.1. The third-order valence-corrected chi connectivity index (χ3v) is 5.86. The summed E-state index contributed by atoms with van der Waals surface area (Å²) in [6.45, 7) is 4.63. The van der Waals surface area contributed by atoms with E-state index in [1.54, 1.807) is 17.9 Å². The molecular formula is C21H26FN5O2. The SMILES string of the molecule is Cc1ccc(CNC(=O)C2CCN(C(=O)c3n[nH]c4c3CNCC4)CC2)cc1F. The van der Waals surface area contributed by atoms with Gasteiger partial charge in [-0.25, -0.2) is 4.39 Å². The second-order valence-electron chi connectivity index (χ2n) is 7.82. The highest BCUT2D eigenvalue weighted by Gasteiger charge is 2.30. The first-order chi connectivity index (χ1) is 14.0. The molecule has 8 heteroatoms. The van der Waals surface area contributed by atoms with Crippen molar-refractivity contribution in [2.75, 3.05) is 19.6 Å². The van der Waals surface area contributed by atoms with Crippen molar-refractivity contribution in [3.8, 4) is 0 Å². The Hall–Kier alpha value is -2.74. The average molecular weight is 399 g/mol. The molecule has 0 atom stereocenters. The minimum Gasteiger partial charge on any atom is -0.352 e. The van der Waals surface area contributed by atoms with Gasteiger partial charge in [-0.15, -0.1) is 0 Å². The molecule has 7 nitrogen and oxygen atoms in total. The lowest BCUT2D eigenvalue weighted by molar-refractivity contribution is -0.126. The zero-order valence-electron chi connectivity index (χ0n) is 16.6. The van der Waals surface area contributed by atoms with E-state index in [2.05, 4.69) is 20.8 Å². The zero-order chi connectivity index (χ0) is 20.4. The molecule has 29 heavy (non-hydrogen) atoms. The molecule has 0 saturated carbocycles. The number of aryl methyl sites for hydroxylation is 1. The molecule has 3 N–H and O–H groups in total. The van der Waals surface area contributed by atoms with E-state index in [0.717, 1.165) is 29.8 Å². The molecule has 154 valence electrons. The largest absolute Gasteiger partial charge is 0.352 e. The van der Waals surface area contributed by atoms with Crippen LogP contribution in [0.4, 0.5) is 4.39 Å². The predicted octanol–water partition coefficient (Wildman–Crippen LogP) is 1.67. The van der Waals surface area contributed by atoms with Gasteiger partial charge in [0.05, 0.1) is 0 Å². The van der Waals surface area contributed by atoms with Crippen molar-refractivity contribution in [2.45, 2.75) is 39.3 Å². The molecule has 0 aliphatic carbocycles. The molecule has 0 bridgehead atoms. The highest BCUT2D eigenvalue weighted by molar-refractivity contribution is 5.94. The second kappa shape index (κ2) is 8.32. The van der Waals surface area contributed by atoms with Crippen molar-refractivity contribution >= 4 is 11.8 Å². The highest BCUT2D eigenvalue weighted by atomic mass is 19.1. The van der Waals surface area contributed by atoms with E-state index < -0.39 is 0 Å². The summed E-state index contributed by atoms with van der Waals surface area (Å²) in [5.74, 6) is -0.511. The standard InChI is InChI=1S/C21H26FN5O2/c1-13-2-3-14(10-17(13)22)11-24-20(28)15-5-8-27(9-6-15)21(29)19-16-12-23-7-4-18(16)25-26-19/h2-3,10,15,23H,4-9,11-12H2,1H3,(H,24,28)(H,25,26). The van der Waals surface area contributed by atoms with Gasteiger partial charge < -0.3 is 15.5 Å². The number of amides is 2. The molecule has 0 radical (unpaired) electrons. The number of nitrogens with one attached hydrogen (secondary N) is 3. The fourth-order valence-corrected chi connectivity index (χ4v) is 3.98. The number of hydrogen-bond acceptors (Lipinski definition) is 4. The van der Waals surface area contributed by atoms with Crippen LogP contribution < -0.4 is 10.6 Å². The molecule has 1 aromatic carbocycles. The van der Waals surface area contributed by atoms with Crippen LogP contribution in [0.15, 0.2) is 18.2 Å². The van der Waals surface area contributed by atoms with Gasteiger partial charge in [-0.1, -0.05) is 12.1 Å². The van der Waals surface area contributed by atoms with Gasteiger partial charge in [0.15, 0.2) is 5.69 Å². The topological polar surface area (TPSA) is 90.1 Å². The molecule has 1 fully saturated rings. The summed E-state index contributed by atoms with van der Waals surface area (Å²) in [5, 5.41) is 13.4. The molecule has 1 saturated heterocycles. The normalized spacial score (nSPS) is 17.1. The van der Waals surface area contributed by atoms with Crippen LogP contribution in [-0.4, -0.2) is 46.5 Å². The number of likely N-dealkylation sites (tertiary alicyclic amines) is 1. The first kappa shape index (κ1) is 19.6. The first-order valence-electron chi connectivity index (χ1n) is 10.1. The maximum absolute atomic E-state index is 13.6. The van der Waals surface area contributed by atoms with Gasteiger partial charge in [0, 0.05) is 56.3 Å². The molecule has 2 amide bonds. The molecule has 2 aliphatic heterocycles. The molecular weight excluding hydrogens is 373 g/mol. The number of hydrogen-bond donors (Lipinski definition) is 3. The van der Waals surface area contributed by atoms with E-state index in [1.165, 1.54) is 6.07 Å². The third-order valence-electron chi connectivity index (χ3n) is 5.86. The lowest BCUT2D eigenvalue weighted by Crippen LogP contribution is -2.43. The van der Waals surface area contributed by atoms with Crippen molar-refractivity contribution in [3.63, 3.8) is 0 Å². The maximum atomic E-state index is 13.6. The van der Waals surface area contributed by atoms with Crippen molar-refractivity contribution in [3.05, 3.63) is 52.1 Å². The number of carbonyl (C=O) groups excluding carboxylic acids is 2. The molecule has 4 rings (SSSR count). The number of aromatic nitrogens is 2. The third kappa shape index (κ3) is 4.17. The van der Waals surface area contributed by atoms with Crippen LogP contribution in [0, 0.1) is 18.7 Å². The van der Waals surface area contributed by atoms with Gasteiger partial charge in [0.25, 0.3) is 5.91 Å². The number of benzene rings is 1. The minimum atomic E-state index is -0.265. The first-order valence-corrected chi connectivity index (χ1v) is 10.1. The van der Waals surface area contributed by atoms with Crippen molar-refractivity contribution < 1.29 is 14.0 Å². The molecule has 2 aliphatic rings. The summed E-state index contributed by atoms with van der Waals surface area (Å²) in [6, 6.07) is 4.99. The molecule has 0 unspecified atom stereocenters. The number of piperidine rings is 1. The van der Waals surface area contributed by atoms with E-state index in [1.807, 2.05) is 6.07 Å². The van der Waals surface area contributed by atoms with Crippen molar-refractivity contribution in [1.82, 2.24) is 25.7 Å². The number of rotatable bonds is 4. The Balaban J connectivity index is 1.29. The van der Waals surface area contributed by atoms with E-state index in [9.17, 15) is 14.0 Å². The van der Waals surface area contributed by atoms with E-state index in [4.69, 9.17) is 0 Å². The Kier molecular flexibility index (Phi) is 5.62. The predicted molar refractivity (Wildman–Crippen MR) is 106 cm³/mol. The fourth-order valence-electron chi connectivity index (χ4n) is 3.98. The fraction of sp³-hybridized carbons (Fsp3) is 0.476. The van der Waals surface area contributed by atoms with Crippen LogP contribution in [0.2, 0.25) is 0 Å². The van der Waals surface area contributed by atoms with E-state index in [-0.39, 0.29) is 23.5 Å². The summed E-state index contributed by atoms with van der Waals surface area (Å²) in [6.07, 6.45) is 2.08. The lowest BCUT2D eigenvalue weighted by atomic mass is 9.95.